The molecular weight excluding hydrogens is 306 g/mol. The highest BCUT2D eigenvalue weighted by Gasteiger charge is 2.22. The van der Waals surface area contributed by atoms with E-state index in [0.29, 0.717) is 25.2 Å². The van der Waals surface area contributed by atoms with Gasteiger partial charge in [-0.05, 0) is 13.0 Å². The fourth-order valence-electron chi connectivity index (χ4n) is 2.86. The van der Waals surface area contributed by atoms with Crippen molar-refractivity contribution in [1.29, 1.82) is 0 Å². The van der Waals surface area contributed by atoms with Crippen LogP contribution in [-0.2, 0) is 4.79 Å². The van der Waals surface area contributed by atoms with Gasteiger partial charge in [-0.2, -0.15) is 0 Å². The Morgan fingerprint density at radius 3 is 2.46 bits per heavy atom. The van der Waals surface area contributed by atoms with Crippen molar-refractivity contribution < 1.29 is 9.59 Å². The van der Waals surface area contributed by atoms with E-state index in [-0.39, 0.29) is 11.8 Å². The van der Waals surface area contributed by atoms with Gasteiger partial charge in [-0.3, -0.25) is 14.6 Å². The van der Waals surface area contributed by atoms with Crippen molar-refractivity contribution in [3.05, 3.63) is 24.3 Å². The number of nitrogens with zero attached hydrogens (tertiary/aromatic N) is 5. The van der Waals surface area contributed by atoms with Crippen LogP contribution in [0.1, 0.15) is 37.2 Å². The fourth-order valence-corrected chi connectivity index (χ4v) is 2.86. The Labute approximate surface area is 143 Å². The average molecular weight is 333 g/mol. The molecule has 1 aliphatic heterocycles. The summed E-state index contributed by atoms with van der Waals surface area (Å²) < 4.78 is 0. The van der Waals surface area contributed by atoms with Crippen LogP contribution in [0.3, 0.4) is 0 Å². The molecule has 0 atom stereocenters. The number of aromatic nitrogens is 2. The lowest BCUT2D eigenvalue weighted by atomic mass is 10.2. The highest BCUT2D eigenvalue weighted by Crippen LogP contribution is 2.07. The van der Waals surface area contributed by atoms with E-state index >= 15 is 0 Å². The van der Waals surface area contributed by atoms with Crippen LogP contribution in [0.4, 0.5) is 0 Å². The second kappa shape index (κ2) is 9.32. The number of rotatable bonds is 7. The molecule has 1 aliphatic rings. The molecule has 0 unspecified atom stereocenters. The van der Waals surface area contributed by atoms with Gasteiger partial charge >= 0.3 is 0 Å². The first kappa shape index (κ1) is 18.3. The number of carbonyl (C=O) groups is 2. The largest absolute Gasteiger partial charge is 0.340 e. The molecule has 132 valence electrons. The zero-order valence-corrected chi connectivity index (χ0v) is 14.6. The first-order valence-electron chi connectivity index (χ1n) is 8.71. The highest BCUT2D eigenvalue weighted by molar-refractivity contribution is 5.92. The Morgan fingerprint density at radius 2 is 1.88 bits per heavy atom. The maximum atomic E-state index is 12.5. The van der Waals surface area contributed by atoms with Crippen LogP contribution in [0.15, 0.2) is 18.6 Å². The van der Waals surface area contributed by atoms with E-state index in [4.69, 9.17) is 0 Å². The van der Waals surface area contributed by atoms with Crippen LogP contribution in [0, 0.1) is 0 Å². The summed E-state index contributed by atoms with van der Waals surface area (Å²) in [4.78, 5) is 38.8. The summed E-state index contributed by atoms with van der Waals surface area (Å²) in [6.07, 6.45) is 5.72. The van der Waals surface area contributed by atoms with Gasteiger partial charge < -0.3 is 14.7 Å². The second-order valence-electron chi connectivity index (χ2n) is 5.95. The van der Waals surface area contributed by atoms with Gasteiger partial charge in [0.25, 0.3) is 5.91 Å². The molecular formula is C17H27N5O2. The molecule has 0 spiro atoms. The zero-order valence-electron chi connectivity index (χ0n) is 14.6. The molecule has 0 aromatic carbocycles. The third-order valence-corrected chi connectivity index (χ3v) is 4.33. The van der Waals surface area contributed by atoms with Crippen molar-refractivity contribution in [2.24, 2.45) is 0 Å². The van der Waals surface area contributed by atoms with Gasteiger partial charge in [0.05, 0.1) is 6.20 Å². The van der Waals surface area contributed by atoms with Gasteiger partial charge in [0.1, 0.15) is 5.69 Å². The Bertz CT molecular complexity index is 529. The molecule has 1 saturated heterocycles. The summed E-state index contributed by atoms with van der Waals surface area (Å²) >= 11 is 0. The summed E-state index contributed by atoms with van der Waals surface area (Å²) in [6, 6.07) is 0. The first-order chi connectivity index (χ1) is 11.7. The van der Waals surface area contributed by atoms with E-state index in [1.54, 1.807) is 11.1 Å². The van der Waals surface area contributed by atoms with Crippen molar-refractivity contribution in [2.75, 3.05) is 45.8 Å². The van der Waals surface area contributed by atoms with Crippen LogP contribution < -0.4 is 0 Å². The molecule has 1 aromatic heterocycles. The van der Waals surface area contributed by atoms with Gasteiger partial charge in [-0.25, -0.2) is 4.98 Å². The van der Waals surface area contributed by atoms with E-state index in [1.807, 2.05) is 11.8 Å². The molecule has 2 amide bonds. The predicted octanol–water partition coefficient (Wildman–Crippen LogP) is 0.883. The molecule has 0 saturated carbocycles. The van der Waals surface area contributed by atoms with Crippen LogP contribution in [0.2, 0.25) is 0 Å². The van der Waals surface area contributed by atoms with Gasteiger partial charge in [0, 0.05) is 58.1 Å². The summed E-state index contributed by atoms with van der Waals surface area (Å²) in [7, 11) is 0. The first-order valence-corrected chi connectivity index (χ1v) is 8.71. The lowest BCUT2D eigenvalue weighted by Crippen LogP contribution is -2.49. The van der Waals surface area contributed by atoms with Crippen molar-refractivity contribution in [3.8, 4) is 0 Å². The number of carbonyl (C=O) groups excluding carboxylic acids is 2. The number of hydrogen-bond donors (Lipinski definition) is 0. The Hall–Kier alpha value is -2.02. The molecule has 24 heavy (non-hydrogen) atoms. The molecule has 7 heteroatoms. The van der Waals surface area contributed by atoms with Crippen molar-refractivity contribution in [2.45, 2.75) is 26.7 Å². The van der Waals surface area contributed by atoms with Crippen LogP contribution in [-0.4, -0.2) is 82.3 Å². The maximum absolute atomic E-state index is 12.5. The maximum Gasteiger partial charge on any atom is 0.274 e. The minimum absolute atomic E-state index is 0.124. The van der Waals surface area contributed by atoms with Gasteiger partial charge in [0.15, 0.2) is 0 Å². The zero-order chi connectivity index (χ0) is 17.4. The topological polar surface area (TPSA) is 69.6 Å². The number of amides is 2. The van der Waals surface area contributed by atoms with E-state index < -0.39 is 0 Å². The minimum atomic E-state index is -0.159. The Kier molecular flexibility index (Phi) is 7.11. The van der Waals surface area contributed by atoms with Crippen LogP contribution in [0.25, 0.3) is 0 Å². The monoisotopic (exact) mass is 333 g/mol. The van der Waals surface area contributed by atoms with Gasteiger partial charge in [-0.1, -0.05) is 13.8 Å². The van der Waals surface area contributed by atoms with Crippen molar-refractivity contribution in [3.63, 3.8) is 0 Å². The van der Waals surface area contributed by atoms with E-state index in [0.717, 1.165) is 39.1 Å². The third kappa shape index (κ3) is 4.99. The van der Waals surface area contributed by atoms with Gasteiger partial charge in [-0.15, -0.1) is 0 Å². The molecule has 0 aliphatic carbocycles. The number of likely N-dealkylation sites (N-methyl/N-ethyl adjacent to an activating group) is 1. The van der Waals surface area contributed by atoms with Crippen molar-refractivity contribution >= 4 is 11.8 Å². The molecule has 2 rings (SSSR count). The van der Waals surface area contributed by atoms with Crippen LogP contribution >= 0.6 is 0 Å². The third-order valence-electron chi connectivity index (χ3n) is 4.33. The minimum Gasteiger partial charge on any atom is -0.340 e. The van der Waals surface area contributed by atoms with E-state index in [9.17, 15) is 9.59 Å². The SMILES string of the molecule is CCCN(CCC(=O)N1CCN(CC)CC1)C(=O)c1cnccn1. The lowest BCUT2D eigenvalue weighted by Gasteiger charge is -2.34. The summed E-state index contributed by atoms with van der Waals surface area (Å²) in [6.45, 7) is 9.64. The van der Waals surface area contributed by atoms with Crippen LogP contribution in [0.5, 0.6) is 0 Å². The molecule has 2 heterocycles. The van der Waals surface area contributed by atoms with Gasteiger partial charge in [0.2, 0.25) is 5.91 Å². The highest BCUT2D eigenvalue weighted by atomic mass is 16.2. The fraction of sp³-hybridized carbons (Fsp3) is 0.647. The standard InChI is InChI=1S/C17H27N5O2/c1-3-8-22(17(24)15-14-18-6-7-19-15)9-5-16(23)21-12-10-20(4-2)11-13-21/h6-7,14H,3-5,8-13H2,1-2H3. The molecule has 0 bridgehead atoms. The molecule has 0 N–H and O–H groups in total. The number of hydrogen-bond acceptors (Lipinski definition) is 5. The summed E-state index contributed by atoms with van der Waals surface area (Å²) in [5.41, 5.74) is 0.329. The normalized spacial score (nSPS) is 15.3. The molecule has 7 nitrogen and oxygen atoms in total. The summed E-state index contributed by atoms with van der Waals surface area (Å²) in [5, 5.41) is 0. The summed E-state index contributed by atoms with van der Waals surface area (Å²) in [5.74, 6) is -0.0349. The predicted molar refractivity (Wildman–Crippen MR) is 91.5 cm³/mol. The Morgan fingerprint density at radius 1 is 1.12 bits per heavy atom. The Balaban J connectivity index is 1.87. The molecule has 1 fully saturated rings. The average Bonchev–Trinajstić information content (AvgIpc) is 2.65. The number of piperazine rings is 1. The molecule has 0 radical (unpaired) electrons. The lowest BCUT2D eigenvalue weighted by molar-refractivity contribution is -0.133. The van der Waals surface area contributed by atoms with E-state index in [1.165, 1.54) is 12.4 Å². The van der Waals surface area contributed by atoms with Crippen molar-refractivity contribution in [1.82, 2.24) is 24.7 Å². The quantitative estimate of drug-likeness (QED) is 0.741. The second-order valence-corrected chi connectivity index (χ2v) is 5.95. The van der Waals surface area contributed by atoms with E-state index in [2.05, 4.69) is 21.8 Å². The smallest absolute Gasteiger partial charge is 0.274 e. The molecule has 1 aromatic rings.